The van der Waals surface area contributed by atoms with Crippen LogP contribution in [0.25, 0.3) is 10.6 Å². The van der Waals surface area contributed by atoms with Gasteiger partial charge in [-0.3, -0.25) is 9.78 Å². The van der Waals surface area contributed by atoms with Crippen LogP contribution in [0, 0.1) is 12.7 Å². The Bertz CT molecular complexity index is 972. The highest BCUT2D eigenvalue weighted by molar-refractivity contribution is 7.13. The molecule has 2 heterocycles. The van der Waals surface area contributed by atoms with Crippen LogP contribution in [0.1, 0.15) is 21.6 Å². The molecule has 0 bridgehead atoms. The van der Waals surface area contributed by atoms with Gasteiger partial charge < -0.3 is 9.64 Å². The van der Waals surface area contributed by atoms with Gasteiger partial charge in [0, 0.05) is 13.6 Å². The quantitative estimate of drug-likeness (QED) is 0.587. The molecule has 0 aliphatic heterocycles. The third kappa shape index (κ3) is 4.80. The number of rotatable bonds is 6. The van der Waals surface area contributed by atoms with E-state index in [0.717, 1.165) is 16.1 Å². The molecule has 0 N–H and O–H groups in total. The van der Waals surface area contributed by atoms with Gasteiger partial charge in [0.25, 0.3) is 5.91 Å². The van der Waals surface area contributed by atoms with Crippen LogP contribution in [-0.2, 0) is 16.1 Å². The van der Waals surface area contributed by atoms with Gasteiger partial charge in [0.2, 0.25) is 0 Å². The predicted octanol–water partition coefficient (Wildman–Crippen LogP) is 4.07. The maximum Gasteiger partial charge on any atom is 0.340 e. The number of hydrogen-bond donors (Lipinski definition) is 0. The molecule has 1 amide bonds. The number of aromatic nitrogens is 1. The maximum absolute atomic E-state index is 12.9. The van der Waals surface area contributed by atoms with Crippen LogP contribution in [-0.4, -0.2) is 35.4 Å². The molecule has 28 heavy (non-hydrogen) atoms. The van der Waals surface area contributed by atoms with E-state index in [4.69, 9.17) is 4.74 Å². The van der Waals surface area contributed by atoms with Crippen LogP contribution in [0.5, 0.6) is 0 Å². The number of esters is 1. The van der Waals surface area contributed by atoms with Gasteiger partial charge in [-0.25, -0.2) is 9.18 Å². The Morgan fingerprint density at radius 2 is 1.89 bits per heavy atom. The number of carbonyl (C=O) groups is 2. The number of pyridine rings is 1. The Kier molecular flexibility index (Phi) is 6.16. The largest absolute Gasteiger partial charge is 0.452 e. The zero-order valence-corrected chi connectivity index (χ0v) is 16.3. The number of thiophene rings is 1. The standard InChI is InChI=1S/C21H19FN2O3S/c1-14-17(9-10-18(23-14)19-4-3-11-28-19)21(26)27-13-20(25)24(2)12-15-5-7-16(22)8-6-15/h3-11H,12-13H2,1-2H3. The van der Waals surface area contributed by atoms with Gasteiger partial charge in [0.15, 0.2) is 6.61 Å². The van der Waals surface area contributed by atoms with Crippen molar-refractivity contribution in [2.24, 2.45) is 0 Å². The first kappa shape index (κ1) is 19.7. The second-order valence-electron chi connectivity index (χ2n) is 6.26. The van der Waals surface area contributed by atoms with Crippen LogP contribution in [0.15, 0.2) is 53.9 Å². The first-order chi connectivity index (χ1) is 13.4. The van der Waals surface area contributed by atoms with Gasteiger partial charge in [0.1, 0.15) is 5.82 Å². The molecule has 7 heteroatoms. The van der Waals surface area contributed by atoms with E-state index >= 15 is 0 Å². The summed E-state index contributed by atoms with van der Waals surface area (Å²) in [6.45, 7) is 1.66. The summed E-state index contributed by atoms with van der Waals surface area (Å²) in [4.78, 5) is 31.4. The molecule has 0 radical (unpaired) electrons. The third-order valence-corrected chi connectivity index (χ3v) is 5.06. The molecule has 5 nitrogen and oxygen atoms in total. The topological polar surface area (TPSA) is 59.5 Å². The van der Waals surface area contributed by atoms with Crippen LogP contribution in [0.2, 0.25) is 0 Å². The van der Waals surface area contributed by atoms with Crippen LogP contribution in [0.4, 0.5) is 4.39 Å². The van der Waals surface area contributed by atoms with E-state index in [1.54, 1.807) is 49.6 Å². The molecule has 2 aromatic heterocycles. The molecule has 0 saturated heterocycles. The van der Waals surface area contributed by atoms with Crippen LogP contribution in [0.3, 0.4) is 0 Å². The molecular formula is C21H19FN2O3S. The second kappa shape index (κ2) is 8.75. The molecule has 3 aromatic rings. The van der Waals surface area contributed by atoms with Crippen LogP contribution < -0.4 is 0 Å². The molecule has 0 aliphatic rings. The summed E-state index contributed by atoms with van der Waals surface area (Å²) in [6, 6.07) is 13.2. The predicted molar refractivity (Wildman–Crippen MR) is 105 cm³/mol. The van der Waals surface area contributed by atoms with Gasteiger partial charge in [-0.05, 0) is 48.2 Å². The third-order valence-electron chi connectivity index (χ3n) is 4.16. The lowest BCUT2D eigenvalue weighted by atomic mass is 10.1. The van der Waals surface area contributed by atoms with E-state index in [1.807, 2.05) is 17.5 Å². The summed E-state index contributed by atoms with van der Waals surface area (Å²) < 4.78 is 18.1. The van der Waals surface area contributed by atoms with E-state index in [0.29, 0.717) is 17.8 Å². The van der Waals surface area contributed by atoms with Crippen molar-refractivity contribution in [3.05, 3.63) is 76.5 Å². The minimum absolute atomic E-state index is 0.298. The lowest BCUT2D eigenvalue weighted by Gasteiger charge is -2.17. The average Bonchev–Trinajstić information content (AvgIpc) is 3.22. The fraction of sp³-hybridized carbons (Fsp3) is 0.190. The highest BCUT2D eigenvalue weighted by atomic mass is 32.1. The number of carbonyl (C=O) groups excluding carboxylic acids is 2. The summed E-state index contributed by atoms with van der Waals surface area (Å²) in [5.41, 5.74) is 2.45. The number of aryl methyl sites for hydroxylation is 1. The minimum atomic E-state index is -0.591. The number of amides is 1. The molecule has 0 unspecified atom stereocenters. The minimum Gasteiger partial charge on any atom is -0.452 e. The number of benzene rings is 1. The van der Waals surface area contributed by atoms with E-state index in [-0.39, 0.29) is 18.3 Å². The van der Waals surface area contributed by atoms with E-state index in [1.165, 1.54) is 17.0 Å². The fourth-order valence-corrected chi connectivity index (χ4v) is 3.30. The summed E-state index contributed by atoms with van der Waals surface area (Å²) in [6.07, 6.45) is 0. The van der Waals surface area contributed by atoms with Crippen molar-refractivity contribution in [2.45, 2.75) is 13.5 Å². The first-order valence-electron chi connectivity index (χ1n) is 8.61. The molecule has 0 aliphatic carbocycles. The van der Waals surface area contributed by atoms with Crippen molar-refractivity contribution in [3.63, 3.8) is 0 Å². The number of ether oxygens (including phenoxy) is 1. The zero-order valence-electron chi connectivity index (χ0n) is 15.5. The smallest absolute Gasteiger partial charge is 0.340 e. The summed E-state index contributed by atoms with van der Waals surface area (Å²) >= 11 is 1.57. The number of nitrogens with zero attached hydrogens (tertiary/aromatic N) is 2. The molecule has 0 saturated carbocycles. The van der Waals surface area contributed by atoms with Gasteiger partial charge in [-0.15, -0.1) is 11.3 Å². The number of likely N-dealkylation sites (N-methyl/N-ethyl adjacent to an activating group) is 1. The lowest BCUT2D eigenvalue weighted by Crippen LogP contribution is -2.31. The van der Waals surface area contributed by atoms with E-state index in [9.17, 15) is 14.0 Å². The Labute approximate surface area is 166 Å². The van der Waals surface area contributed by atoms with Crippen molar-refractivity contribution in [2.75, 3.05) is 13.7 Å². The molecule has 1 aromatic carbocycles. The monoisotopic (exact) mass is 398 g/mol. The molecular weight excluding hydrogens is 379 g/mol. The zero-order chi connectivity index (χ0) is 20.1. The van der Waals surface area contributed by atoms with E-state index in [2.05, 4.69) is 4.98 Å². The van der Waals surface area contributed by atoms with Crippen molar-refractivity contribution >= 4 is 23.2 Å². The van der Waals surface area contributed by atoms with Crippen LogP contribution >= 0.6 is 11.3 Å². The SMILES string of the molecule is Cc1nc(-c2cccs2)ccc1C(=O)OCC(=O)N(C)Cc1ccc(F)cc1. The van der Waals surface area contributed by atoms with Crippen molar-refractivity contribution in [1.29, 1.82) is 0 Å². The summed E-state index contributed by atoms with van der Waals surface area (Å²) in [7, 11) is 1.60. The fourth-order valence-electron chi connectivity index (χ4n) is 2.61. The lowest BCUT2D eigenvalue weighted by molar-refractivity contribution is -0.133. The number of hydrogen-bond acceptors (Lipinski definition) is 5. The highest BCUT2D eigenvalue weighted by Crippen LogP contribution is 2.24. The summed E-state index contributed by atoms with van der Waals surface area (Å²) in [5, 5.41) is 1.96. The van der Waals surface area contributed by atoms with Gasteiger partial charge in [-0.1, -0.05) is 18.2 Å². The maximum atomic E-state index is 12.9. The van der Waals surface area contributed by atoms with E-state index < -0.39 is 5.97 Å². The van der Waals surface area contributed by atoms with Gasteiger partial charge in [-0.2, -0.15) is 0 Å². The van der Waals surface area contributed by atoms with Crippen molar-refractivity contribution in [3.8, 4) is 10.6 Å². The first-order valence-corrected chi connectivity index (χ1v) is 9.49. The molecule has 0 fully saturated rings. The van der Waals surface area contributed by atoms with Crippen molar-refractivity contribution < 1.29 is 18.7 Å². The Hall–Kier alpha value is -3.06. The molecule has 3 rings (SSSR count). The Balaban J connectivity index is 1.57. The highest BCUT2D eigenvalue weighted by Gasteiger charge is 2.17. The Morgan fingerprint density at radius 1 is 1.14 bits per heavy atom. The Morgan fingerprint density at radius 3 is 2.54 bits per heavy atom. The normalized spacial score (nSPS) is 10.5. The summed E-state index contributed by atoms with van der Waals surface area (Å²) in [5.74, 6) is -1.27. The van der Waals surface area contributed by atoms with Gasteiger partial charge in [0.05, 0.1) is 21.8 Å². The second-order valence-corrected chi connectivity index (χ2v) is 7.21. The number of halogens is 1. The van der Waals surface area contributed by atoms with Crippen molar-refractivity contribution in [1.82, 2.24) is 9.88 Å². The van der Waals surface area contributed by atoms with Gasteiger partial charge >= 0.3 is 5.97 Å². The molecule has 0 atom stereocenters. The molecule has 144 valence electrons. The molecule has 0 spiro atoms. The average molecular weight is 398 g/mol.